The lowest BCUT2D eigenvalue weighted by Crippen LogP contribution is -2.41. The largest absolute Gasteiger partial charge is 0.396 e. The van der Waals surface area contributed by atoms with Gasteiger partial charge in [0, 0.05) is 16.2 Å². The summed E-state index contributed by atoms with van der Waals surface area (Å²) in [6.45, 7) is 0.0677. The number of rotatable bonds is 5. The lowest BCUT2D eigenvalue weighted by molar-refractivity contribution is 0.0793. The van der Waals surface area contributed by atoms with Gasteiger partial charge < -0.3 is 10.2 Å². The van der Waals surface area contributed by atoms with Crippen LogP contribution in [0.3, 0.4) is 0 Å². The van der Waals surface area contributed by atoms with Gasteiger partial charge in [-0.3, -0.25) is 0 Å². The van der Waals surface area contributed by atoms with Crippen molar-refractivity contribution in [2.45, 2.75) is 54.3 Å². The number of aliphatic hydroxyl groups excluding tert-OH is 2. The number of aliphatic hydroxyl groups is 2. The van der Waals surface area contributed by atoms with Crippen molar-refractivity contribution in [3.8, 4) is 0 Å². The maximum atomic E-state index is 10.4. The summed E-state index contributed by atoms with van der Waals surface area (Å²) in [6, 6.07) is 10.3. The zero-order chi connectivity index (χ0) is 12.8. The molecule has 2 nitrogen and oxygen atoms in total. The Balaban J connectivity index is 2.14. The molecule has 2 rings (SSSR count). The fourth-order valence-corrected chi connectivity index (χ4v) is 4.27. The second-order valence-electron chi connectivity index (χ2n) is 5.07. The Bertz CT molecular complexity index is 347. The fourth-order valence-electron chi connectivity index (χ4n) is 2.76. The lowest BCUT2D eigenvalue weighted by Gasteiger charge is -2.40. The number of thioether (sulfide) groups is 1. The van der Waals surface area contributed by atoms with Crippen LogP contribution in [-0.4, -0.2) is 27.7 Å². The topological polar surface area (TPSA) is 40.5 Å². The highest BCUT2D eigenvalue weighted by atomic mass is 32.2. The quantitative estimate of drug-likeness (QED) is 0.859. The summed E-state index contributed by atoms with van der Waals surface area (Å²) in [5, 5.41) is 19.5. The predicted molar refractivity (Wildman–Crippen MR) is 75.8 cm³/mol. The highest BCUT2D eigenvalue weighted by Gasteiger charge is 2.39. The van der Waals surface area contributed by atoms with Crippen LogP contribution in [0.5, 0.6) is 0 Å². The molecular formula is C15H22O2S. The Kier molecular flexibility index (Phi) is 5.10. The molecule has 0 aromatic heterocycles. The van der Waals surface area contributed by atoms with Gasteiger partial charge in [0.25, 0.3) is 0 Å². The summed E-state index contributed by atoms with van der Waals surface area (Å²) >= 11 is 1.80. The normalized spacial score (nSPS) is 20.6. The lowest BCUT2D eigenvalue weighted by atomic mass is 9.83. The van der Waals surface area contributed by atoms with E-state index in [0.717, 1.165) is 12.8 Å². The van der Waals surface area contributed by atoms with Crippen molar-refractivity contribution in [2.75, 3.05) is 6.61 Å². The van der Waals surface area contributed by atoms with Gasteiger partial charge in [-0.1, -0.05) is 37.5 Å². The number of hydrogen-bond acceptors (Lipinski definition) is 3. The molecule has 0 amide bonds. The molecule has 1 unspecified atom stereocenters. The minimum absolute atomic E-state index is 0.0677. The first kappa shape index (κ1) is 13.9. The van der Waals surface area contributed by atoms with Crippen LogP contribution in [0, 0.1) is 0 Å². The Morgan fingerprint density at radius 2 is 1.78 bits per heavy atom. The zero-order valence-corrected chi connectivity index (χ0v) is 11.5. The van der Waals surface area contributed by atoms with Crippen LogP contribution in [0.25, 0.3) is 0 Å². The van der Waals surface area contributed by atoms with Crippen LogP contribution >= 0.6 is 11.8 Å². The smallest absolute Gasteiger partial charge is 0.0712 e. The van der Waals surface area contributed by atoms with E-state index in [0.29, 0.717) is 6.42 Å². The molecule has 1 saturated carbocycles. The Labute approximate surface area is 113 Å². The van der Waals surface area contributed by atoms with Crippen LogP contribution in [0.15, 0.2) is 35.2 Å². The molecule has 1 fully saturated rings. The summed E-state index contributed by atoms with van der Waals surface area (Å²) in [4.78, 5) is 1.22. The molecule has 100 valence electrons. The third-order valence-electron chi connectivity index (χ3n) is 3.77. The van der Waals surface area contributed by atoms with Crippen molar-refractivity contribution in [1.82, 2.24) is 0 Å². The fraction of sp³-hybridized carbons (Fsp3) is 0.600. The molecule has 1 aliphatic rings. The van der Waals surface area contributed by atoms with Crippen molar-refractivity contribution < 1.29 is 10.2 Å². The Hall–Kier alpha value is -0.510. The van der Waals surface area contributed by atoms with Crippen LogP contribution in [0.1, 0.15) is 38.5 Å². The van der Waals surface area contributed by atoms with Crippen LogP contribution in [-0.2, 0) is 0 Å². The van der Waals surface area contributed by atoms with E-state index in [1.165, 1.54) is 24.2 Å². The summed E-state index contributed by atoms with van der Waals surface area (Å²) in [5.74, 6) is 0. The highest BCUT2D eigenvalue weighted by molar-refractivity contribution is 8.00. The van der Waals surface area contributed by atoms with Gasteiger partial charge in [0.2, 0.25) is 0 Å². The molecule has 0 radical (unpaired) electrons. The van der Waals surface area contributed by atoms with Crippen molar-refractivity contribution in [3.05, 3.63) is 30.3 Å². The molecule has 0 heterocycles. The van der Waals surface area contributed by atoms with Crippen molar-refractivity contribution >= 4 is 11.8 Å². The van der Waals surface area contributed by atoms with Gasteiger partial charge in [-0.25, -0.2) is 0 Å². The van der Waals surface area contributed by atoms with E-state index in [-0.39, 0.29) is 11.4 Å². The molecule has 0 saturated heterocycles. The van der Waals surface area contributed by atoms with Gasteiger partial charge in [-0.15, -0.1) is 11.8 Å². The van der Waals surface area contributed by atoms with Crippen LogP contribution in [0.4, 0.5) is 0 Å². The van der Waals surface area contributed by atoms with E-state index in [1.54, 1.807) is 11.8 Å². The van der Waals surface area contributed by atoms with Crippen LogP contribution < -0.4 is 0 Å². The minimum Gasteiger partial charge on any atom is -0.396 e. The minimum atomic E-state index is -0.409. The second kappa shape index (κ2) is 6.60. The van der Waals surface area contributed by atoms with Crippen LogP contribution in [0.2, 0.25) is 0 Å². The standard InChI is InChI=1S/C15H22O2S/c16-12-9-14(17)15(10-5-2-6-11-15)18-13-7-3-1-4-8-13/h1,3-4,7-8,14,16-17H,2,5-6,9-12H2. The average molecular weight is 266 g/mol. The van der Waals surface area contributed by atoms with Gasteiger partial charge in [0.1, 0.15) is 0 Å². The molecule has 1 atom stereocenters. The predicted octanol–water partition coefficient (Wildman–Crippen LogP) is 3.22. The first-order chi connectivity index (χ1) is 8.77. The van der Waals surface area contributed by atoms with Gasteiger partial charge >= 0.3 is 0 Å². The van der Waals surface area contributed by atoms with Gasteiger partial charge in [0.15, 0.2) is 0 Å². The number of benzene rings is 1. The molecule has 2 N–H and O–H groups in total. The molecule has 1 aliphatic carbocycles. The maximum absolute atomic E-state index is 10.4. The Morgan fingerprint density at radius 3 is 2.39 bits per heavy atom. The van der Waals surface area contributed by atoms with Crippen molar-refractivity contribution in [3.63, 3.8) is 0 Å². The molecule has 1 aromatic carbocycles. The average Bonchev–Trinajstić information content (AvgIpc) is 2.41. The summed E-state index contributed by atoms with van der Waals surface area (Å²) in [6.07, 6.45) is 5.81. The van der Waals surface area contributed by atoms with E-state index < -0.39 is 6.10 Å². The Morgan fingerprint density at radius 1 is 1.11 bits per heavy atom. The molecule has 0 spiro atoms. The zero-order valence-electron chi connectivity index (χ0n) is 10.7. The van der Waals surface area contributed by atoms with Gasteiger partial charge in [-0.05, 0) is 31.4 Å². The van der Waals surface area contributed by atoms with E-state index in [9.17, 15) is 5.11 Å². The molecule has 0 aliphatic heterocycles. The molecule has 18 heavy (non-hydrogen) atoms. The summed E-state index contributed by atoms with van der Waals surface area (Å²) in [5.41, 5.74) is 0. The monoisotopic (exact) mass is 266 g/mol. The molecule has 1 aromatic rings. The molecule has 3 heteroatoms. The first-order valence-corrected chi connectivity index (χ1v) is 7.61. The van der Waals surface area contributed by atoms with E-state index >= 15 is 0 Å². The van der Waals surface area contributed by atoms with Crippen molar-refractivity contribution in [2.24, 2.45) is 0 Å². The van der Waals surface area contributed by atoms with E-state index in [1.807, 2.05) is 18.2 Å². The van der Waals surface area contributed by atoms with Gasteiger partial charge in [-0.2, -0.15) is 0 Å². The first-order valence-electron chi connectivity index (χ1n) is 6.80. The SMILES string of the molecule is OCCC(O)C1(Sc2ccccc2)CCCCC1. The third kappa shape index (κ3) is 3.28. The summed E-state index contributed by atoms with van der Waals surface area (Å²) < 4.78 is -0.0949. The van der Waals surface area contributed by atoms with E-state index in [2.05, 4.69) is 12.1 Å². The number of hydrogen-bond donors (Lipinski definition) is 2. The maximum Gasteiger partial charge on any atom is 0.0712 e. The molecular weight excluding hydrogens is 244 g/mol. The van der Waals surface area contributed by atoms with E-state index in [4.69, 9.17) is 5.11 Å². The highest BCUT2D eigenvalue weighted by Crippen LogP contribution is 2.46. The third-order valence-corrected chi connectivity index (χ3v) is 5.37. The molecule has 0 bridgehead atoms. The van der Waals surface area contributed by atoms with Crippen molar-refractivity contribution in [1.29, 1.82) is 0 Å². The summed E-state index contributed by atoms with van der Waals surface area (Å²) in [7, 11) is 0. The second-order valence-corrected chi connectivity index (χ2v) is 6.56. The van der Waals surface area contributed by atoms with Gasteiger partial charge in [0.05, 0.1) is 6.10 Å².